The predicted molar refractivity (Wildman–Crippen MR) is 119 cm³/mol. The molecule has 0 aliphatic carbocycles. The summed E-state index contributed by atoms with van der Waals surface area (Å²) in [6.45, 7) is 6.95. The molecule has 1 atom stereocenters. The van der Waals surface area contributed by atoms with Gasteiger partial charge in [-0.1, -0.05) is 66.2 Å². The van der Waals surface area contributed by atoms with Crippen LogP contribution in [0.4, 0.5) is 0 Å². The van der Waals surface area contributed by atoms with Gasteiger partial charge in [-0.2, -0.15) is 0 Å². The highest BCUT2D eigenvalue weighted by Crippen LogP contribution is 2.25. The number of rotatable bonds is 8. The zero-order chi connectivity index (χ0) is 20.8. The summed E-state index contributed by atoms with van der Waals surface area (Å²) in [7, 11) is 0. The Morgan fingerprint density at radius 2 is 1.97 bits per heavy atom. The summed E-state index contributed by atoms with van der Waals surface area (Å²) in [5.41, 5.74) is 3.24. The van der Waals surface area contributed by atoms with Gasteiger partial charge in [0, 0.05) is 17.1 Å². The van der Waals surface area contributed by atoms with E-state index in [0.717, 1.165) is 35.1 Å². The molecule has 0 spiro atoms. The van der Waals surface area contributed by atoms with Crippen molar-refractivity contribution in [1.29, 1.82) is 0 Å². The van der Waals surface area contributed by atoms with Gasteiger partial charge in [0.15, 0.2) is 11.0 Å². The topological polar surface area (TPSA) is 59.8 Å². The second-order valence-electron chi connectivity index (χ2n) is 6.96. The lowest BCUT2D eigenvalue weighted by Gasteiger charge is -2.14. The molecule has 1 heterocycles. The first-order valence-electron chi connectivity index (χ1n) is 9.65. The van der Waals surface area contributed by atoms with Gasteiger partial charge < -0.3 is 9.88 Å². The van der Waals surface area contributed by atoms with Crippen LogP contribution in [0, 0.1) is 6.92 Å². The third-order valence-electron chi connectivity index (χ3n) is 4.52. The Hall–Kier alpha value is -2.31. The highest BCUT2D eigenvalue weighted by atomic mass is 35.5. The molecule has 1 amide bonds. The summed E-state index contributed by atoms with van der Waals surface area (Å²) in [4.78, 5) is 12.4. The lowest BCUT2D eigenvalue weighted by molar-refractivity contribution is -0.119. The molecule has 0 fully saturated rings. The Bertz CT molecular complexity index is 971. The van der Waals surface area contributed by atoms with Crippen molar-refractivity contribution in [3.05, 3.63) is 64.7 Å². The van der Waals surface area contributed by atoms with Crippen molar-refractivity contribution in [2.75, 3.05) is 5.75 Å². The Morgan fingerprint density at radius 1 is 1.21 bits per heavy atom. The summed E-state index contributed by atoms with van der Waals surface area (Å²) in [5, 5.41) is 13.2. The Kier molecular flexibility index (Phi) is 7.34. The van der Waals surface area contributed by atoms with Gasteiger partial charge in [0.1, 0.15) is 0 Å². The second kappa shape index (κ2) is 9.94. The molecule has 3 rings (SSSR count). The summed E-state index contributed by atoms with van der Waals surface area (Å²) in [5.74, 6) is 1.08. The first-order valence-corrected chi connectivity index (χ1v) is 11.0. The number of aromatic nitrogens is 3. The number of carbonyl (C=O) groups is 1. The van der Waals surface area contributed by atoms with Crippen molar-refractivity contribution in [1.82, 2.24) is 20.1 Å². The van der Waals surface area contributed by atoms with E-state index >= 15 is 0 Å². The zero-order valence-corrected chi connectivity index (χ0v) is 18.4. The third-order valence-corrected chi connectivity index (χ3v) is 5.74. The van der Waals surface area contributed by atoms with E-state index in [-0.39, 0.29) is 17.7 Å². The van der Waals surface area contributed by atoms with E-state index in [1.807, 2.05) is 43.3 Å². The molecule has 0 saturated carbocycles. The van der Waals surface area contributed by atoms with E-state index in [2.05, 4.69) is 46.1 Å². The molecule has 0 bridgehead atoms. The lowest BCUT2D eigenvalue weighted by Crippen LogP contribution is -2.28. The van der Waals surface area contributed by atoms with E-state index in [4.69, 9.17) is 11.6 Å². The van der Waals surface area contributed by atoms with Crippen molar-refractivity contribution >= 4 is 29.3 Å². The fraction of sp³-hybridized carbons (Fsp3) is 0.318. The number of nitrogens with one attached hydrogen (secondary N) is 1. The van der Waals surface area contributed by atoms with Gasteiger partial charge in [-0.15, -0.1) is 10.2 Å². The van der Waals surface area contributed by atoms with Gasteiger partial charge in [-0.05, 0) is 44.0 Å². The minimum Gasteiger partial charge on any atom is -0.349 e. The minimum atomic E-state index is -0.0864. The van der Waals surface area contributed by atoms with E-state index in [1.54, 1.807) is 0 Å². The summed E-state index contributed by atoms with van der Waals surface area (Å²) in [6.07, 6.45) is 0.963. The molecule has 0 aliphatic rings. The molecule has 2 aromatic carbocycles. The fourth-order valence-electron chi connectivity index (χ4n) is 3.07. The molecule has 1 N–H and O–H groups in total. The Labute approximate surface area is 180 Å². The largest absolute Gasteiger partial charge is 0.349 e. The van der Waals surface area contributed by atoms with Crippen LogP contribution < -0.4 is 5.32 Å². The quantitative estimate of drug-likeness (QED) is 0.495. The van der Waals surface area contributed by atoms with Crippen LogP contribution in [0.25, 0.3) is 11.4 Å². The Morgan fingerprint density at radius 3 is 2.66 bits per heavy atom. The van der Waals surface area contributed by atoms with Gasteiger partial charge in [0.05, 0.1) is 11.8 Å². The molecule has 0 aliphatic heterocycles. The van der Waals surface area contributed by atoms with Crippen LogP contribution >= 0.6 is 23.4 Å². The SMILES string of the molecule is CCCn1c(SCC(=O)NC(C)c2ccc(Cl)cc2)nnc1-c1cccc(C)c1. The lowest BCUT2D eigenvalue weighted by atomic mass is 10.1. The van der Waals surface area contributed by atoms with Crippen LogP contribution in [0.3, 0.4) is 0 Å². The fourth-order valence-corrected chi connectivity index (χ4v) is 3.97. The van der Waals surface area contributed by atoms with E-state index in [1.165, 1.54) is 17.3 Å². The molecule has 7 heteroatoms. The average molecular weight is 429 g/mol. The van der Waals surface area contributed by atoms with E-state index in [9.17, 15) is 4.79 Å². The van der Waals surface area contributed by atoms with Gasteiger partial charge in [0.2, 0.25) is 5.91 Å². The number of hydrogen-bond acceptors (Lipinski definition) is 4. The Balaban J connectivity index is 1.66. The number of aryl methyl sites for hydroxylation is 1. The van der Waals surface area contributed by atoms with Crippen LogP contribution in [0.1, 0.15) is 37.4 Å². The molecule has 152 valence electrons. The summed E-state index contributed by atoms with van der Waals surface area (Å²) >= 11 is 7.34. The number of thioether (sulfide) groups is 1. The first-order chi connectivity index (χ1) is 14.0. The molecule has 1 aromatic heterocycles. The molecule has 3 aromatic rings. The smallest absolute Gasteiger partial charge is 0.230 e. The summed E-state index contributed by atoms with van der Waals surface area (Å²) in [6, 6.07) is 15.6. The first kappa shape index (κ1) is 21.4. The van der Waals surface area contributed by atoms with Crippen LogP contribution in [0.15, 0.2) is 53.7 Å². The zero-order valence-electron chi connectivity index (χ0n) is 16.9. The van der Waals surface area contributed by atoms with Crippen molar-refractivity contribution in [3.63, 3.8) is 0 Å². The van der Waals surface area contributed by atoms with Crippen molar-refractivity contribution < 1.29 is 4.79 Å². The molecular formula is C22H25ClN4OS. The molecule has 29 heavy (non-hydrogen) atoms. The third kappa shape index (κ3) is 5.61. The number of benzene rings is 2. The number of hydrogen-bond donors (Lipinski definition) is 1. The number of carbonyl (C=O) groups excluding carboxylic acids is 1. The normalized spacial score (nSPS) is 12.0. The van der Waals surface area contributed by atoms with Gasteiger partial charge >= 0.3 is 0 Å². The summed E-state index contributed by atoms with van der Waals surface area (Å²) < 4.78 is 2.09. The average Bonchev–Trinajstić information content (AvgIpc) is 3.10. The highest BCUT2D eigenvalue weighted by Gasteiger charge is 2.16. The molecule has 0 radical (unpaired) electrons. The van der Waals surface area contributed by atoms with Crippen molar-refractivity contribution in [2.24, 2.45) is 0 Å². The molecular weight excluding hydrogens is 404 g/mol. The molecule has 1 unspecified atom stereocenters. The monoisotopic (exact) mass is 428 g/mol. The number of halogens is 1. The minimum absolute atomic E-state index is 0.0411. The van der Waals surface area contributed by atoms with E-state index in [0.29, 0.717) is 5.02 Å². The molecule has 5 nitrogen and oxygen atoms in total. The van der Waals surface area contributed by atoms with Crippen LogP contribution in [-0.4, -0.2) is 26.4 Å². The number of amides is 1. The molecule has 0 saturated heterocycles. The van der Waals surface area contributed by atoms with Gasteiger partial charge in [-0.25, -0.2) is 0 Å². The van der Waals surface area contributed by atoms with Gasteiger partial charge in [-0.3, -0.25) is 4.79 Å². The number of nitrogens with zero attached hydrogens (tertiary/aromatic N) is 3. The van der Waals surface area contributed by atoms with E-state index < -0.39 is 0 Å². The maximum atomic E-state index is 12.4. The van der Waals surface area contributed by atoms with Crippen LogP contribution in [0.2, 0.25) is 5.02 Å². The van der Waals surface area contributed by atoms with Gasteiger partial charge in [0.25, 0.3) is 0 Å². The maximum absolute atomic E-state index is 12.4. The second-order valence-corrected chi connectivity index (χ2v) is 8.34. The van der Waals surface area contributed by atoms with Crippen molar-refractivity contribution in [3.8, 4) is 11.4 Å². The predicted octanol–water partition coefficient (Wildman–Crippen LogP) is 5.29. The standard InChI is InChI=1S/C22H25ClN4OS/c1-4-12-27-21(18-7-5-6-15(2)13-18)25-26-22(27)29-14-20(28)24-16(3)17-8-10-19(23)11-9-17/h5-11,13,16H,4,12,14H2,1-3H3,(H,24,28). The highest BCUT2D eigenvalue weighted by molar-refractivity contribution is 7.99. The van der Waals surface area contributed by atoms with Crippen LogP contribution in [0.5, 0.6) is 0 Å². The maximum Gasteiger partial charge on any atom is 0.230 e. The van der Waals surface area contributed by atoms with Crippen LogP contribution in [-0.2, 0) is 11.3 Å². The van der Waals surface area contributed by atoms with Crippen molar-refractivity contribution in [2.45, 2.75) is 44.9 Å².